The van der Waals surface area contributed by atoms with E-state index in [9.17, 15) is 18.0 Å². The summed E-state index contributed by atoms with van der Waals surface area (Å²) in [4.78, 5) is 17.7. The number of carbonyl (C=O) groups is 1. The Morgan fingerprint density at radius 3 is 2.64 bits per heavy atom. The van der Waals surface area contributed by atoms with E-state index in [1.807, 2.05) is 17.4 Å². The van der Waals surface area contributed by atoms with Gasteiger partial charge in [0, 0.05) is 17.5 Å². The Bertz CT molecular complexity index is 922. The van der Waals surface area contributed by atoms with Crippen LogP contribution in [0.25, 0.3) is 0 Å². The summed E-state index contributed by atoms with van der Waals surface area (Å²) in [5.41, 5.74) is 3.74. The molecule has 1 unspecified atom stereocenters. The van der Waals surface area contributed by atoms with Gasteiger partial charge in [0.1, 0.15) is 6.54 Å². The fourth-order valence-electron chi connectivity index (χ4n) is 3.89. The fourth-order valence-corrected chi connectivity index (χ4v) is 3.89. The van der Waals surface area contributed by atoms with Gasteiger partial charge in [-0.3, -0.25) is 4.79 Å². The molecule has 1 aliphatic heterocycles. The van der Waals surface area contributed by atoms with Crippen molar-refractivity contribution >= 4 is 11.6 Å². The van der Waals surface area contributed by atoms with E-state index in [2.05, 4.69) is 17.3 Å². The van der Waals surface area contributed by atoms with Gasteiger partial charge in [-0.15, -0.1) is 0 Å². The van der Waals surface area contributed by atoms with Crippen molar-refractivity contribution in [3.8, 4) is 0 Å². The molecule has 0 radical (unpaired) electrons. The zero-order valence-electron chi connectivity index (χ0n) is 15.1. The summed E-state index contributed by atoms with van der Waals surface area (Å²) in [7, 11) is 0. The smallest absolute Gasteiger partial charge is 0.384 e. The Balaban J connectivity index is 1.48. The summed E-state index contributed by atoms with van der Waals surface area (Å²) in [6.07, 6.45) is -0.870. The van der Waals surface area contributed by atoms with Gasteiger partial charge in [-0.2, -0.15) is 13.2 Å². The highest BCUT2D eigenvalue weighted by Crippen LogP contribution is 2.45. The van der Waals surface area contributed by atoms with Crippen molar-refractivity contribution in [1.29, 1.82) is 0 Å². The van der Waals surface area contributed by atoms with Gasteiger partial charge in [0.2, 0.25) is 0 Å². The Morgan fingerprint density at radius 2 is 1.89 bits per heavy atom. The highest BCUT2D eigenvalue weighted by molar-refractivity contribution is 6.03. The monoisotopic (exact) mass is 388 g/mol. The molecule has 2 aromatic rings. The van der Waals surface area contributed by atoms with Gasteiger partial charge in [-0.1, -0.05) is 41.6 Å². The quantitative estimate of drug-likeness (QED) is 0.851. The lowest BCUT2D eigenvalue weighted by Crippen LogP contribution is -2.33. The van der Waals surface area contributed by atoms with Gasteiger partial charge in [0.15, 0.2) is 5.60 Å². The SMILES string of the molecule is O=C(NCC(F)(F)F)c1ccc(C2=NOC3(CCCc4ccccc43)C2)cc1. The summed E-state index contributed by atoms with van der Waals surface area (Å²) >= 11 is 0. The Morgan fingerprint density at radius 1 is 1.14 bits per heavy atom. The molecule has 2 aromatic carbocycles. The van der Waals surface area contributed by atoms with E-state index in [1.54, 1.807) is 12.1 Å². The number of alkyl halides is 3. The van der Waals surface area contributed by atoms with Crippen molar-refractivity contribution in [2.45, 2.75) is 37.5 Å². The number of benzene rings is 2. The van der Waals surface area contributed by atoms with E-state index < -0.39 is 24.2 Å². The number of oxime groups is 1. The molecule has 0 fully saturated rings. The van der Waals surface area contributed by atoms with E-state index in [1.165, 1.54) is 23.3 Å². The van der Waals surface area contributed by atoms with Crippen molar-refractivity contribution in [2.24, 2.45) is 5.16 Å². The number of fused-ring (bicyclic) bond motifs is 2. The van der Waals surface area contributed by atoms with Crippen molar-refractivity contribution in [2.75, 3.05) is 6.54 Å². The summed E-state index contributed by atoms with van der Waals surface area (Å²) in [5.74, 6) is -0.758. The predicted molar refractivity (Wildman–Crippen MR) is 98.1 cm³/mol. The predicted octanol–water partition coefficient (Wildman–Crippen LogP) is 4.33. The van der Waals surface area contributed by atoms with Gasteiger partial charge in [0.25, 0.3) is 5.91 Å². The van der Waals surface area contributed by atoms with E-state index in [4.69, 9.17) is 4.84 Å². The number of nitrogens with one attached hydrogen (secondary N) is 1. The summed E-state index contributed by atoms with van der Waals surface area (Å²) in [6.45, 7) is -1.35. The van der Waals surface area contributed by atoms with E-state index in [-0.39, 0.29) is 5.56 Å². The number of aryl methyl sites for hydroxylation is 1. The van der Waals surface area contributed by atoms with Crippen LogP contribution in [-0.4, -0.2) is 24.3 Å². The third-order valence-electron chi connectivity index (χ3n) is 5.25. The number of halogens is 3. The maximum atomic E-state index is 12.2. The molecule has 0 saturated heterocycles. The number of hydrogen-bond acceptors (Lipinski definition) is 3. The third-order valence-corrected chi connectivity index (χ3v) is 5.25. The van der Waals surface area contributed by atoms with E-state index >= 15 is 0 Å². The molecule has 0 bridgehead atoms. The van der Waals surface area contributed by atoms with Crippen LogP contribution in [0.4, 0.5) is 13.2 Å². The first kappa shape index (κ1) is 18.5. The van der Waals surface area contributed by atoms with Crippen LogP contribution < -0.4 is 5.32 Å². The van der Waals surface area contributed by atoms with Crippen LogP contribution in [0.15, 0.2) is 53.7 Å². The van der Waals surface area contributed by atoms with Crippen molar-refractivity contribution < 1.29 is 22.8 Å². The summed E-state index contributed by atoms with van der Waals surface area (Å²) in [5, 5.41) is 6.16. The highest BCUT2D eigenvalue weighted by Gasteiger charge is 2.44. The molecule has 1 amide bonds. The number of amides is 1. The number of rotatable bonds is 3. The molecular formula is C21H19F3N2O2. The minimum absolute atomic E-state index is 0.172. The van der Waals surface area contributed by atoms with Crippen molar-refractivity contribution in [1.82, 2.24) is 5.32 Å². The third kappa shape index (κ3) is 3.61. The molecule has 0 saturated carbocycles. The maximum Gasteiger partial charge on any atom is 0.405 e. The first-order valence-corrected chi connectivity index (χ1v) is 9.15. The molecule has 28 heavy (non-hydrogen) atoms. The van der Waals surface area contributed by atoms with Gasteiger partial charge in [0.05, 0.1) is 5.71 Å². The molecule has 2 aliphatic rings. The van der Waals surface area contributed by atoms with Crippen LogP contribution in [0.1, 0.15) is 46.3 Å². The number of carbonyl (C=O) groups excluding carboxylic acids is 1. The van der Waals surface area contributed by atoms with Crippen LogP contribution in [0.2, 0.25) is 0 Å². The largest absolute Gasteiger partial charge is 0.405 e. The summed E-state index contributed by atoms with van der Waals surface area (Å²) < 4.78 is 36.7. The lowest BCUT2D eigenvalue weighted by atomic mass is 9.76. The fraction of sp³-hybridized carbons (Fsp3) is 0.333. The van der Waals surface area contributed by atoms with Gasteiger partial charge >= 0.3 is 6.18 Å². The molecule has 4 rings (SSSR count). The van der Waals surface area contributed by atoms with Gasteiger partial charge in [-0.25, -0.2) is 0 Å². The van der Waals surface area contributed by atoms with Crippen LogP contribution in [0.3, 0.4) is 0 Å². The average molecular weight is 388 g/mol. The normalized spacial score (nSPS) is 21.0. The molecule has 146 valence electrons. The first-order valence-electron chi connectivity index (χ1n) is 9.15. The first-order chi connectivity index (χ1) is 13.4. The van der Waals surface area contributed by atoms with E-state index in [0.29, 0.717) is 6.42 Å². The molecular weight excluding hydrogens is 369 g/mol. The maximum absolute atomic E-state index is 12.2. The lowest BCUT2D eigenvalue weighted by molar-refractivity contribution is -0.123. The minimum atomic E-state index is -4.43. The summed E-state index contributed by atoms with van der Waals surface area (Å²) in [6, 6.07) is 14.6. The molecule has 1 aliphatic carbocycles. The van der Waals surface area contributed by atoms with Crippen molar-refractivity contribution in [3.63, 3.8) is 0 Å². The standard InChI is InChI=1S/C21H19F3N2O2/c22-21(23,24)13-25-19(27)16-9-7-15(8-10-16)18-12-20(28-26-18)11-3-5-14-4-1-2-6-17(14)20/h1-2,4,6-10H,3,5,11-13H2,(H,25,27). The molecule has 4 nitrogen and oxygen atoms in total. The number of hydrogen-bond donors (Lipinski definition) is 1. The Hall–Kier alpha value is -2.83. The zero-order valence-corrected chi connectivity index (χ0v) is 15.1. The Labute approximate surface area is 160 Å². The van der Waals surface area contributed by atoms with Gasteiger partial charge < -0.3 is 10.2 Å². The molecule has 1 spiro atoms. The topological polar surface area (TPSA) is 50.7 Å². The zero-order chi connectivity index (χ0) is 19.8. The lowest BCUT2D eigenvalue weighted by Gasteiger charge is -2.33. The molecule has 1 N–H and O–H groups in total. The second-order valence-corrected chi connectivity index (χ2v) is 7.19. The molecule has 1 atom stereocenters. The molecule has 7 heteroatoms. The van der Waals surface area contributed by atoms with E-state index in [0.717, 1.165) is 30.5 Å². The highest BCUT2D eigenvalue weighted by atomic mass is 19.4. The van der Waals surface area contributed by atoms with Crippen LogP contribution in [0.5, 0.6) is 0 Å². The Kier molecular flexibility index (Phi) is 4.61. The minimum Gasteiger partial charge on any atom is -0.384 e. The van der Waals surface area contributed by atoms with Gasteiger partial charge in [-0.05, 0) is 42.5 Å². The average Bonchev–Trinajstić information content (AvgIpc) is 3.11. The second-order valence-electron chi connectivity index (χ2n) is 7.19. The van der Waals surface area contributed by atoms with Crippen LogP contribution in [-0.2, 0) is 16.9 Å². The van der Waals surface area contributed by atoms with Crippen molar-refractivity contribution in [3.05, 3.63) is 70.8 Å². The van der Waals surface area contributed by atoms with Crippen LogP contribution >= 0.6 is 0 Å². The molecule has 1 heterocycles. The number of nitrogens with zero attached hydrogens (tertiary/aromatic N) is 1. The second kappa shape index (κ2) is 6.96. The van der Waals surface area contributed by atoms with Crippen LogP contribution in [0, 0.1) is 0 Å². The molecule has 0 aromatic heterocycles.